The van der Waals surface area contributed by atoms with E-state index in [4.69, 9.17) is 9.47 Å². The zero-order valence-corrected chi connectivity index (χ0v) is 16.1. The van der Waals surface area contributed by atoms with Gasteiger partial charge >= 0.3 is 5.97 Å². The van der Waals surface area contributed by atoms with Crippen molar-refractivity contribution in [1.29, 1.82) is 0 Å². The molecule has 2 fully saturated rings. The number of nitrogens with zero attached hydrogens (tertiary/aromatic N) is 4. The molecule has 8 heteroatoms. The summed E-state index contributed by atoms with van der Waals surface area (Å²) in [7, 11) is 3.13. The van der Waals surface area contributed by atoms with E-state index < -0.39 is 5.97 Å². The molecule has 0 bridgehead atoms. The fraction of sp³-hybridized carbons (Fsp3) is 0.500. The third kappa shape index (κ3) is 3.64. The normalized spacial score (nSPS) is 26.6. The van der Waals surface area contributed by atoms with Crippen LogP contribution in [0.3, 0.4) is 0 Å². The van der Waals surface area contributed by atoms with Gasteiger partial charge in [0.15, 0.2) is 11.5 Å². The molecule has 0 amide bonds. The van der Waals surface area contributed by atoms with Gasteiger partial charge in [0.25, 0.3) is 0 Å². The Morgan fingerprint density at radius 1 is 1.07 bits per heavy atom. The zero-order chi connectivity index (χ0) is 19.5. The van der Waals surface area contributed by atoms with E-state index in [2.05, 4.69) is 25.2 Å². The first-order valence-corrected chi connectivity index (χ1v) is 9.54. The Kier molecular flexibility index (Phi) is 5.38. The number of hydrogen-bond donors (Lipinski definition) is 1. The second-order valence-corrected chi connectivity index (χ2v) is 7.36. The summed E-state index contributed by atoms with van der Waals surface area (Å²) in [4.78, 5) is 27.2. The molecule has 1 N–H and O–H groups in total. The van der Waals surface area contributed by atoms with Crippen molar-refractivity contribution >= 4 is 17.6 Å². The maximum absolute atomic E-state index is 12.1. The van der Waals surface area contributed by atoms with E-state index in [1.807, 2.05) is 18.2 Å². The van der Waals surface area contributed by atoms with Gasteiger partial charge in [-0.05, 0) is 36.8 Å². The number of rotatable bonds is 5. The lowest BCUT2D eigenvalue weighted by molar-refractivity contribution is 0.0305. The van der Waals surface area contributed by atoms with Crippen LogP contribution in [0, 0.1) is 11.8 Å². The molecule has 2 aliphatic rings. The Balaban J connectivity index is 1.50. The summed E-state index contributed by atoms with van der Waals surface area (Å²) in [6.07, 6.45) is 6.97. The van der Waals surface area contributed by atoms with Crippen LogP contribution in [0.5, 0.6) is 0 Å². The van der Waals surface area contributed by atoms with Crippen LogP contribution in [-0.4, -0.2) is 60.4 Å². The molecule has 0 radical (unpaired) electrons. The summed E-state index contributed by atoms with van der Waals surface area (Å²) in [6.45, 7) is 1.67. The summed E-state index contributed by atoms with van der Waals surface area (Å²) in [5.41, 5.74) is 0.273. The molecule has 1 saturated carbocycles. The molecule has 2 aromatic heterocycles. The number of nitrogens with one attached hydrogen (secondary N) is 1. The van der Waals surface area contributed by atoms with E-state index in [9.17, 15) is 4.79 Å². The van der Waals surface area contributed by atoms with Crippen LogP contribution in [0.25, 0.3) is 0 Å². The molecule has 4 atom stereocenters. The molecule has 148 valence electrons. The predicted molar refractivity (Wildman–Crippen MR) is 104 cm³/mol. The van der Waals surface area contributed by atoms with Crippen LogP contribution in [0.4, 0.5) is 11.6 Å². The monoisotopic (exact) mass is 383 g/mol. The minimum atomic E-state index is -0.456. The van der Waals surface area contributed by atoms with Crippen LogP contribution in [0.15, 0.2) is 36.8 Å². The largest absolute Gasteiger partial charge is 0.464 e. The molecule has 2 aromatic rings. The van der Waals surface area contributed by atoms with Gasteiger partial charge in [0.05, 0.1) is 19.3 Å². The van der Waals surface area contributed by atoms with Crippen LogP contribution >= 0.6 is 0 Å². The highest BCUT2D eigenvalue weighted by atomic mass is 16.5. The smallest absolute Gasteiger partial charge is 0.360 e. The summed E-state index contributed by atoms with van der Waals surface area (Å²) in [5, 5.41) is 3.53. The third-order valence-corrected chi connectivity index (χ3v) is 5.78. The number of carbonyl (C=O) groups excluding carboxylic acids is 1. The van der Waals surface area contributed by atoms with Gasteiger partial charge in [0.2, 0.25) is 0 Å². The fourth-order valence-electron chi connectivity index (χ4n) is 4.44. The second kappa shape index (κ2) is 8.10. The Hall–Kier alpha value is -2.74. The predicted octanol–water partition coefficient (Wildman–Crippen LogP) is 2.00. The van der Waals surface area contributed by atoms with E-state index in [1.54, 1.807) is 19.5 Å². The maximum atomic E-state index is 12.1. The first-order chi connectivity index (χ1) is 13.7. The van der Waals surface area contributed by atoms with Crippen LogP contribution in [0.2, 0.25) is 0 Å². The topological polar surface area (TPSA) is 89.5 Å². The summed E-state index contributed by atoms with van der Waals surface area (Å²) in [6, 6.07) is 6.05. The van der Waals surface area contributed by atoms with Crippen LogP contribution < -0.4 is 10.2 Å². The molecule has 1 aliphatic carbocycles. The quantitative estimate of drug-likeness (QED) is 0.784. The van der Waals surface area contributed by atoms with Gasteiger partial charge in [-0.15, -0.1) is 0 Å². The van der Waals surface area contributed by atoms with Crippen LogP contribution in [0.1, 0.15) is 23.3 Å². The maximum Gasteiger partial charge on any atom is 0.360 e. The molecule has 0 unspecified atom stereocenters. The van der Waals surface area contributed by atoms with Gasteiger partial charge in [0, 0.05) is 38.8 Å². The molecule has 8 nitrogen and oxygen atoms in total. The number of carbonyl (C=O) groups is 1. The van der Waals surface area contributed by atoms with Gasteiger partial charge in [-0.1, -0.05) is 6.07 Å². The third-order valence-electron chi connectivity index (χ3n) is 5.78. The average Bonchev–Trinajstić information content (AvgIpc) is 3.16. The Morgan fingerprint density at radius 2 is 1.86 bits per heavy atom. The molecule has 0 spiro atoms. The average molecular weight is 383 g/mol. The number of esters is 1. The summed E-state index contributed by atoms with van der Waals surface area (Å²) in [5.74, 6) is 1.98. The highest BCUT2D eigenvalue weighted by Crippen LogP contribution is 2.40. The number of aromatic nitrogens is 3. The molecule has 1 saturated heterocycles. The molecule has 3 heterocycles. The van der Waals surface area contributed by atoms with E-state index >= 15 is 0 Å². The fourth-order valence-corrected chi connectivity index (χ4v) is 4.44. The van der Waals surface area contributed by atoms with Crippen molar-refractivity contribution < 1.29 is 14.3 Å². The number of fused-ring (bicyclic) bond motifs is 1. The van der Waals surface area contributed by atoms with Crippen molar-refractivity contribution in [3.05, 3.63) is 42.5 Å². The summed E-state index contributed by atoms with van der Waals surface area (Å²) < 4.78 is 10.7. The first kappa shape index (κ1) is 18.6. The number of hydrogen-bond acceptors (Lipinski definition) is 8. The molecule has 4 rings (SSSR count). The van der Waals surface area contributed by atoms with Crippen molar-refractivity contribution in [3.8, 4) is 0 Å². The Morgan fingerprint density at radius 3 is 2.57 bits per heavy atom. The van der Waals surface area contributed by atoms with E-state index in [-0.39, 0.29) is 17.8 Å². The lowest BCUT2D eigenvalue weighted by Gasteiger charge is -2.37. The number of pyridine rings is 1. The minimum Gasteiger partial charge on any atom is -0.464 e. The Bertz CT molecular complexity index is 818. The molecule has 1 aliphatic heterocycles. The molecular weight excluding hydrogens is 358 g/mol. The Labute approximate surface area is 164 Å². The molecule has 28 heavy (non-hydrogen) atoms. The van der Waals surface area contributed by atoms with Crippen molar-refractivity contribution in [2.24, 2.45) is 11.8 Å². The lowest BCUT2D eigenvalue weighted by atomic mass is 9.77. The summed E-state index contributed by atoms with van der Waals surface area (Å²) >= 11 is 0. The van der Waals surface area contributed by atoms with Crippen molar-refractivity contribution in [2.75, 3.05) is 37.5 Å². The minimum absolute atomic E-state index is 0.116. The van der Waals surface area contributed by atoms with Gasteiger partial charge in [0.1, 0.15) is 5.82 Å². The van der Waals surface area contributed by atoms with Gasteiger partial charge in [-0.25, -0.2) is 19.7 Å². The zero-order valence-electron chi connectivity index (χ0n) is 16.1. The highest BCUT2D eigenvalue weighted by molar-refractivity contribution is 5.92. The molecule has 0 aromatic carbocycles. The van der Waals surface area contributed by atoms with Gasteiger partial charge in [-0.2, -0.15) is 0 Å². The van der Waals surface area contributed by atoms with Crippen molar-refractivity contribution in [1.82, 2.24) is 15.0 Å². The number of anilines is 2. The van der Waals surface area contributed by atoms with E-state index in [1.165, 1.54) is 13.3 Å². The van der Waals surface area contributed by atoms with E-state index in [0.717, 1.165) is 31.7 Å². The van der Waals surface area contributed by atoms with Crippen LogP contribution in [-0.2, 0) is 9.47 Å². The van der Waals surface area contributed by atoms with Gasteiger partial charge in [-0.3, -0.25) is 0 Å². The second-order valence-electron chi connectivity index (χ2n) is 7.36. The van der Waals surface area contributed by atoms with Gasteiger partial charge < -0.3 is 19.7 Å². The van der Waals surface area contributed by atoms with Crippen molar-refractivity contribution in [3.63, 3.8) is 0 Å². The number of ether oxygens (including phenoxy) is 2. The van der Waals surface area contributed by atoms with E-state index in [0.29, 0.717) is 17.7 Å². The number of methoxy groups -OCH3 is 2. The first-order valence-electron chi connectivity index (χ1n) is 9.54. The van der Waals surface area contributed by atoms with Crippen molar-refractivity contribution in [2.45, 2.75) is 25.0 Å². The highest BCUT2D eigenvalue weighted by Gasteiger charge is 2.43. The molecular formula is C20H25N5O3. The standard InChI is InChI=1S/C20H25N5O3/c1-27-16-10-14-12-25(19-18(20(26)28-2)22-7-8-23-19)11-13(14)9-15(16)24-17-5-3-4-6-21-17/h3-8,13-16H,9-12H2,1-2H3,(H,21,24)/t13-,14+,15-,16-/m1/s1. The SMILES string of the molecule is COC(=O)c1nccnc1N1C[C@H]2C[C@@H](Nc3ccccn3)[C@H](OC)C[C@H]2C1. The lowest BCUT2D eigenvalue weighted by Crippen LogP contribution is -2.44.